The maximum Gasteiger partial charge on any atom is 0.237 e. The molecule has 1 amide bonds. The normalized spacial score (nSPS) is 13.3. The predicted octanol–water partition coefficient (Wildman–Crippen LogP) is 3.48. The molecule has 6 heteroatoms. The number of hydrogen-bond acceptors (Lipinski definition) is 4. The number of halogens is 1. The first kappa shape index (κ1) is 19.3. The second-order valence-corrected chi connectivity index (χ2v) is 5.58. The van der Waals surface area contributed by atoms with Gasteiger partial charge in [0.2, 0.25) is 5.91 Å². The summed E-state index contributed by atoms with van der Waals surface area (Å²) in [4.78, 5) is 12.0. The SMILES string of the molecule is CCCC(N)C(=O)NC(C)c1oc2ccc(OC)cc2c1C.Cl. The van der Waals surface area contributed by atoms with E-state index in [9.17, 15) is 4.79 Å². The van der Waals surface area contributed by atoms with Crippen LogP contribution in [0.1, 0.15) is 44.1 Å². The summed E-state index contributed by atoms with van der Waals surface area (Å²) in [5.74, 6) is 1.39. The quantitative estimate of drug-likeness (QED) is 0.844. The van der Waals surface area contributed by atoms with Crippen LogP contribution in [0.25, 0.3) is 11.0 Å². The zero-order chi connectivity index (χ0) is 16.3. The number of carbonyl (C=O) groups excluding carboxylic acids is 1. The Labute approximate surface area is 143 Å². The molecule has 0 bridgehead atoms. The Bertz CT molecular complexity index is 669. The zero-order valence-corrected chi connectivity index (χ0v) is 14.8. The summed E-state index contributed by atoms with van der Waals surface area (Å²) in [5.41, 5.74) is 7.64. The molecule has 0 aliphatic carbocycles. The molecule has 1 heterocycles. The number of nitrogens with one attached hydrogen (secondary N) is 1. The van der Waals surface area contributed by atoms with Gasteiger partial charge in [-0.2, -0.15) is 0 Å². The average Bonchev–Trinajstić information content (AvgIpc) is 2.84. The van der Waals surface area contributed by atoms with E-state index >= 15 is 0 Å². The summed E-state index contributed by atoms with van der Waals surface area (Å²) >= 11 is 0. The predicted molar refractivity (Wildman–Crippen MR) is 94.2 cm³/mol. The molecule has 0 saturated carbocycles. The van der Waals surface area contributed by atoms with E-state index in [1.165, 1.54) is 0 Å². The maximum atomic E-state index is 12.0. The number of furan rings is 1. The van der Waals surface area contributed by atoms with E-state index in [2.05, 4.69) is 5.32 Å². The molecule has 0 saturated heterocycles. The van der Waals surface area contributed by atoms with Gasteiger partial charge in [-0.05, 0) is 38.5 Å². The van der Waals surface area contributed by atoms with Gasteiger partial charge in [0.05, 0.1) is 19.2 Å². The topological polar surface area (TPSA) is 77.5 Å². The molecule has 128 valence electrons. The van der Waals surface area contributed by atoms with Crippen molar-refractivity contribution < 1.29 is 13.9 Å². The third-order valence-electron chi connectivity index (χ3n) is 3.87. The summed E-state index contributed by atoms with van der Waals surface area (Å²) in [6.07, 6.45) is 1.56. The molecule has 5 nitrogen and oxygen atoms in total. The molecule has 2 unspecified atom stereocenters. The third kappa shape index (κ3) is 4.18. The fraction of sp³-hybridized carbons (Fsp3) is 0.471. The van der Waals surface area contributed by atoms with Gasteiger partial charge in [0.15, 0.2) is 0 Å². The van der Waals surface area contributed by atoms with Crippen molar-refractivity contribution in [3.05, 3.63) is 29.5 Å². The summed E-state index contributed by atoms with van der Waals surface area (Å²) in [6, 6.07) is 4.97. The van der Waals surface area contributed by atoms with Crippen molar-refractivity contribution in [3.63, 3.8) is 0 Å². The van der Waals surface area contributed by atoms with Crippen molar-refractivity contribution in [1.82, 2.24) is 5.32 Å². The Morgan fingerprint density at radius 2 is 2.13 bits per heavy atom. The lowest BCUT2D eigenvalue weighted by Gasteiger charge is -2.16. The Hall–Kier alpha value is -1.72. The number of nitrogens with two attached hydrogens (primary N) is 1. The van der Waals surface area contributed by atoms with Crippen LogP contribution in [0.4, 0.5) is 0 Å². The average molecular weight is 341 g/mol. The fourth-order valence-corrected chi connectivity index (χ4v) is 2.59. The van der Waals surface area contributed by atoms with Crippen LogP contribution in [0.3, 0.4) is 0 Å². The molecule has 2 rings (SSSR count). The van der Waals surface area contributed by atoms with Crippen LogP contribution >= 0.6 is 12.4 Å². The van der Waals surface area contributed by atoms with E-state index in [-0.39, 0.29) is 24.4 Å². The highest BCUT2D eigenvalue weighted by Crippen LogP contribution is 2.31. The number of aryl methyl sites for hydroxylation is 1. The molecule has 2 atom stereocenters. The van der Waals surface area contributed by atoms with E-state index in [4.69, 9.17) is 14.9 Å². The van der Waals surface area contributed by atoms with Gasteiger partial charge in [-0.1, -0.05) is 13.3 Å². The number of hydrogen-bond donors (Lipinski definition) is 2. The lowest BCUT2D eigenvalue weighted by molar-refractivity contribution is -0.123. The summed E-state index contributed by atoms with van der Waals surface area (Å²) in [7, 11) is 1.63. The molecular weight excluding hydrogens is 316 g/mol. The molecule has 3 N–H and O–H groups in total. The van der Waals surface area contributed by atoms with E-state index in [0.29, 0.717) is 6.42 Å². The Balaban J connectivity index is 0.00000264. The van der Waals surface area contributed by atoms with Crippen LogP contribution in [0.15, 0.2) is 22.6 Å². The molecule has 1 aromatic heterocycles. The first-order valence-electron chi connectivity index (χ1n) is 7.60. The highest BCUT2D eigenvalue weighted by Gasteiger charge is 2.21. The number of carbonyl (C=O) groups is 1. The molecule has 0 radical (unpaired) electrons. The van der Waals surface area contributed by atoms with E-state index < -0.39 is 6.04 Å². The molecule has 23 heavy (non-hydrogen) atoms. The number of methoxy groups -OCH3 is 1. The summed E-state index contributed by atoms with van der Waals surface area (Å²) < 4.78 is 11.1. The van der Waals surface area contributed by atoms with Crippen molar-refractivity contribution in [1.29, 1.82) is 0 Å². The Morgan fingerprint density at radius 1 is 1.43 bits per heavy atom. The van der Waals surface area contributed by atoms with Crippen LogP contribution in [0, 0.1) is 6.92 Å². The van der Waals surface area contributed by atoms with Crippen molar-refractivity contribution in [2.75, 3.05) is 7.11 Å². The van der Waals surface area contributed by atoms with Gasteiger partial charge >= 0.3 is 0 Å². The van der Waals surface area contributed by atoms with Gasteiger partial charge in [0.1, 0.15) is 17.1 Å². The van der Waals surface area contributed by atoms with Crippen LogP contribution < -0.4 is 15.8 Å². The van der Waals surface area contributed by atoms with E-state index in [1.54, 1.807) is 7.11 Å². The molecule has 1 aromatic carbocycles. The molecule has 2 aromatic rings. The zero-order valence-electron chi connectivity index (χ0n) is 14.0. The lowest BCUT2D eigenvalue weighted by atomic mass is 10.1. The van der Waals surface area contributed by atoms with E-state index in [1.807, 2.05) is 39.0 Å². The standard InChI is InChI=1S/C17H24N2O3.ClH/c1-5-6-14(18)17(20)19-11(3)16-10(2)13-9-12(21-4)7-8-15(13)22-16;/h7-9,11,14H,5-6,18H2,1-4H3,(H,19,20);1H. The number of amides is 1. The van der Waals surface area contributed by atoms with Gasteiger partial charge in [-0.15, -0.1) is 12.4 Å². The van der Waals surface area contributed by atoms with Crippen LogP contribution in [0.5, 0.6) is 5.75 Å². The van der Waals surface area contributed by atoms with Crippen molar-refractivity contribution in [2.24, 2.45) is 5.73 Å². The second-order valence-electron chi connectivity index (χ2n) is 5.58. The summed E-state index contributed by atoms with van der Waals surface area (Å²) in [6.45, 7) is 5.89. The van der Waals surface area contributed by atoms with Crippen LogP contribution in [-0.2, 0) is 4.79 Å². The highest BCUT2D eigenvalue weighted by atomic mass is 35.5. The van der Waals surface area contributed by atoms with Crippen molar-refractivity contribution in [2.45, 2.75) is 45.7 Å². The highest BCUT2D eigenvalue weighted by molar-refractivity contribution is 5.85. The van der Waals surface area contributed by atoms with Gasteiger partial charge in [0.25, 0.3) is 0 Å². The molecule has 0 spiro atoms. The minimum atomic E-state index is -0.475. The van der Waals surface area contributed by atoms with Gasteiger partial charge in [-0.25, -0.2) is 0 Å². The Morgan fingerprint density at radius 3 is 2.74 bits per heavy atom. The van der Waals surface area contributed by atoms with E-state index in [0.717, 1.165) is 34.5 Å². The van der Waals surface area contributed by atoms with Crippen LogP contribution in [-0.4, -0.2) is 19.1 Å². The van der Waals surface area contributed by atoms with Crippen molar-refractivity contribution in [3.8, 4) is 5.75 Å². The van der Waals surface area contributed by atoms with Crippen LogP contribution in [0.2, 0.25) is 0 Å². The first-order valence-corrected chi connectivity index (χ1v) is 7.60. The molecule has 0 aliphatic heterocycles. The lowest BCUT2D eigenvalue weighted by Crippen LogP contribution is -2.41. The smallest absolute Gasteiger partial charge is 0.237 e. The largest absolute Gasteiger partial charge is 0.497 e. The van der Waals surface area contributed by atoms with Gasteiger partial charge in [0, 0.05) is 10.9 Å². The van der Waals surface area contributed by atoms with Gasteiger partial charge in [-0.3, -0.25) is 4.79 Å². The monoisotopic (exact) mass is 340 g/mol. The molecule has 0 fully saturated rings. The first-order chi connectivity index (χ1) is 10.5. The molecule has 0 aliphatic rings. The number of rotatable bonds is 6. The molecular formula is C17H25ClN2O3. The number of benzene rings is 1. The minimum absolute atomic E-state index is 0. The van der Waals surface area contributed by atoms with Gasteiger partial charge < -0.3 is 20.2 Å². The number of fused-ring (bicyclic) bond motifs is 1. The third-order valence-corrected chi connectivity index (χ3v) is 3.87. The summed E-state index contributed by atoms with van der Waals surface area (Å²) in [5, 5.41) is 3.92. The minimum Gasteiger partial charge on any atom is -0.497 e. The second kappa shape index (κ2) is 8.22. The fourth-order valence-electron chi connectivity index (χ4n) is 2.59. The Kier molecular flexibility index (Phi) is 6.91. The maximum absolute atomic E-state index is 12.0. The number of ether oxygens (including phenoxy) is 1. The van der Waals surface area contributed by atoms with Crippen molar-refractivity contribution >= 4 is 29.3 Å².